The van der Waals surface area contributed by atoms with Crippen LogP contribution in [0.4, 0.5) is 0 Å². The van der Waals surface area contributed by atoms with Gasteiger partial charge in [0.15, 0.2) is 12.4 Å². The summed E-state index contributed by atoms with van der Waals surface area (Å²) in [5, 5.41) is 35.1. The average Bonchev–Trinajstić information content (AvgIpc) is 3.12. The summed E-state index contributed by atoms with van der Waals surface area (Å²) in [4.78, 5) is 49.7. The minimum atomic E-state index is -1.72. The van der Waals surface area contributed by atoms with Gasteiger partial charge in [0.25, 0.3) is 0 Å². The van der Waals surface area contributed by atoms with Gasteiger partial charge in [-0.25, -0.2) is 0 Å². The average molecular weight is 534 g/mol. The highest BCUT2D eigenvalue weighted by atomic mass is 16.5. The van der Waals surface area contributed by atoms with E-state index in [1.54, 1.807) is 19.9 Å². The van der Waals surface area contributed by atoms with Gasteiger partial charge in [0.2, 0.25) is 11.7 Å². The molecule has 9 nitrogen and oxygen atoms in total. The fraction of sp³-hybridized carbons (Fsp3) is 0.793. The molecule has 4 unspecified atom stereocenters. The molecule has 0 heterocycles. The molecule has 0 aliphatic heterocycles. The molecule has 0 aromatic heterocycles. The number of fused-ring (bicyclic) bond motifs is 5. The Morgan fingerprint density at radius 3 is 2.53 bits per heavy atom. The quantitative estimate of drug-likeness (QED) is 0.346. The lowest BCUT2D eigenvalue weighted by atomic mass is 9.45. The van der Waals surface area contributed by atoms with Crippen LogP contribution in [0.5, 0.6) is 0 Å². The molecule has 4 rings (SSSR count). The van der Waals surface area contributed by atoms with Gasteiger partial charge in [0, 0.05) is 18.3 Å². The molecule has 1 amide bonds. The van der Waals surface area contributed by atoms with E-state index in [2.05, 4.69) is 12.2 Å². The van der Waals surface area contributed by atoms with E-state index in [9.17, 15) is 34.5 Å². The third-order valence-electron chi connectivity index (χ3n) is 10.3. The number of nitrogens with one attached hydrogen (secondary N) is 1. The highest BCUT2D eigenvalue weighted by molar-refractivity contribution is 5.92. The van der Waals surface area contributed by atoms with Crippen LogP contribution < -0.4 is 5.32 Å². The minimum absolute atomic E-state index is 0.0223. The lowest BCUT2D eigenvalue weighted by molar-refractivity contribution is -0.184. The summed E-state index contributed by atoms with van der Waals surface area (Å²) in [6.07, 6.45) is 4.65. The van der Waals surface area contributed by atoms with Crippen LogP contribution in [0.15, 0.2) is 11.6 Å². The number of ketones is 2. The number of amides is 1. The van der Waals surface area contributed by atoms with Gasteiger partial charge < -0.3 is 25.4 Å². The first kappa shape index (κ1) is 28.9. The number of carbonyl (C=O) groups is 4. The number of Topliss-reactive ketones (excluding diaryl/α,β-unsaturated/α-hetero) is 1. The van der Waals surface area contributed by atoms with Crippen molar-refractivity contribution in [3.8, 4) is 0 Å². The van der Waals surface area contributed by atoms with E-state index in [-0.39, 0.29) is 61.2 Å². The molecule has 3 saturated carbocycles. The van der Waals surface area contributed by atoms with Crippen LogP contribution in [0.25, 0.3) is 0 Å². The third kappa shape index (κ3) is 4.86. The molecule has 7 atom stereocenters. The van der Waals surface area contributed by atoms with Gasteiger partial charge in [0.1, 0.15) is 5.60 Å². The van der Waals surface area contributed by atoms with Crippen LogP contribution in [0.3, 0.4) is 0 Å². The Hall–Kier alpha value is -2.10. The molecule has 38 heavy (non-hydrogen) atoms. The fourth-order valence-electron chi connectivity index (χ4n) is 8.18. The molecule has 4 aliphatic rings. The first-order valence-corrected chi connectivity index (χ1v) is 13.9. The van der Waals surface area contributed by atoms with Crippen molar-refractivity contribution in [2.75, 3.05) is 13.2 Å². The summed E-state index contributed by atoms with van der Waals surface area (Å²) in [6.45, 7) is 6.52. The van der Waals surface area contributed by atoms with Crippen molar-refractivity contribution in [3.05, 3.63) is 11.6 Å². The summed E-state index contributed by atoms with van der Waals surface area (Å²) in [5.41, 5.74) is -2.50. The van der Waals surface area contributed by atoms with E-state index in [1.165, 1.54) is 0 Å². The van der Waals surface area contributed by atoms with Crippen LogP contribution in [-0.4, -0.2) is 69.2 Å². The molecule has 4 aliphatic carbocycles. The van der Waals surface area contributed by atoms with Crippen LogP contribution in [0, 0.1) is 28.6 Å². The van der Waals surface area contributed by atoms with Crippen molar-refractivity contribution in [2.24, 2.45) is 28.6 Å². The Morgan fingerprint density at radius 2 is 1.84 bits per heavy atom. The summed E-state index contributed by atoms with van der Waals surface area (Å²) in [7, 11) is 0. The molecule has 212 valence electrons. The molecule has 0 aromatic carbocycles. The Labute approximate surface area is 224 Å². The summed E-state index contributed by atoms with van der Waals surface area (Å²) < 4.78 is 5.16. The molecule has 9 heteroatoms. The number of aliphatic hydroxyl groups is 3. The van der Waals surface area contributed by atoms with Gasteiger partial charge in [-0.15, -0.1) is 0 Å². The first-order valence-electron chi connectivity index (χ1n) is 13.9. The van der Waals surface area contributed by atoms with Crippen molar-refractivity contribution >= 4 is 23.4 Å². The summed E-state index contributed by atoms with van der Waals surface area (Å²) in [5.74, 6) is -1.40. The Balaban J connectivity index is 1.40. The second-order valence-corrected chi connectivity index (χ2v) is 13.2. The number of allylic oxidation sites excluding steroid dienone is 1. The number of esters is 1. The Kier molecular flexibility index (Phi) is 7.71. The number of rotatable bonds is 8. The maximum Gasteiger partial charge on any atom is 0.306 e. The number of hydrogen-bond donors (Lipinski definition) is 4. The zero-order valence-corrected chi connectivity index (χ0v) is 23.0. The third-order valence-corrected chi connectivity index (χ3v) is 10.3. The van der Waals surface area contributed by atoms with E-state index in [0.29, 0.717) is 19.3 Å². The predicted molar refractivity (Wildman–Crippen MR) is 138 cm³/mol. The van der Waals surface area contributed by atoms with Crippen LogP contribution in [0.1, 0.15) is 85.5 Å². The molecule has 0 spiro atoms. The van der Waals surface area contributed by atoms with Crippen LogP contribution in [0.2, 0.25) is 0 Å². The van der Waals surface area contributed by atoms with Crippen molar-refractivity contribution in [1.82, 2.24) is 5.32 Å². The second-order valence-electron chi connectivity index (χ2n) is 13.2. The van der Waals surface area contributed by atoms with Gasteiger partial charge in [0.05, 0.1) is 24.7 Å². The standard InChI is InChI=1S/C29H43NO8/c1-26(2,16-31)30-23(35)7-8-24(36)38-15-22(34)29(37)12-10-20-19-6-5-17-13-18(32)9-11-27(17,3)25(19)21(33)14-28(20,29)4/h13,19-21,25,31,33,37H,5-12,14-16H2,1-4H3,(H,30,35)/t19?,20?,21?,25?,27-,28-,29-/m0/s1. The zero-order valence-electron chi connectivity index (χ0n) is 23.0. The molecule has 0 bridgehead atoms. The van der Waals surface area contributed by atoms with Gasteiger partial charge in [-0.2, -0.15) is 0 Å². The van der Waals surface area contributed by atoms with Gasteiger partial charge in [-0.3, -0.25) is 19.2 Å². The molecule has 0 saturated heterocycles. The van der Waals surface area contributed by atoms with E-state index < -0.39 is 46.9 Å². The second kappa shape index (κ2) is 10.1. The normalized spacial score (nSPS) is 38.4. The topological polar surface area (TPSA) is 150 Å². The van der Waals surface area contributed by atoms with Gasteiger partial charge in [-0.1, -0.05) is 19.4 Å². The molecule has 3 fully saturated rings. The first-order chi connectivity index (χ1) is 17.7. The van der Waals surface area contributed by atoms with Crippen LogP contribution >= 0.6 is 0 Å². The number of hydrogen-bond acceptors (Lipinski definition) is 8. The van der Waals surface area contributed by atoms with E-state index in [1.807, 2.05) is 6.92 Å². The molecule has 0 radical (unpaired) electrons. The fourth-order valence-corrected chi connectivity index (χ4v) is 8.18. The maximum absolute atomic E-state index is 13.3. The molecular weight excluding hydrogens is 490 g/mol. The summed E-state index contributed by atoms with van der Waals surface area (Å²) in [6, 6.07) is 0. The number of ether oxygens (including phenoxy) is 1. The van der Waals surface area contributed by atoms with E-state index >= 15 is 0 Å². The Morgan fingerprint density at radius 1 is 1.13 bits per heavy atom. The monoisotopic (exact) mass is 533 g/mol. The predicted octanol–water partition coefficient (Wildman–Crippen LogP) is 2.00. The SMILES string of the molecule is CC(C)(CO)NC(=O)CCC(=O)OCC(=O)[C@@]1(O)CCC2C3CCC4=CC(=O)CC[C@]4(C)C3C(O)C[C@@]21C. The lowest BCUT2D eigenvalue weighted by Crippen LogP contribution is -2.62. The summed E-state index contributed by atoms with van der Waals surface area (Å²) >= 11 is 0. The van der Waals surface area contributed by atoms with Crippen molar-refractivity contribution in [2.45, 2.75) is 103 Å². The highest BCUT2D eigenvalue weighted by Crippen LogP contribution is 2.67. The van der Waals surface area contributed by atoms with Gasteiger partial charge in [-0.05, 0) is 81.6 Å². The van der Waals surface area contributed by atoms with Crippen molar-refractivity contribution in [1.29, 1.82) is 0 Å². The number of aliphatic hydroxyl groups excluding tert-OH is 2. The largest absolute Gasteiger partial charge is 0.458 e. The van der Waals surface area contributed by atoms with Crippen molar-refractivity contribution < 1.29 is 39.2 Å². The van der Waals surface area contributed by atoms with Gasteiger partial charge >= 0.3 is 5.97 Å². The smallest absolute Gasteiger partial charge is 0.306 e. The molecular formula is C29H43NO8. The molecule has 4 N–H and O–H groups in total. The van der Waals surface area contributed by atoms with E-state index in [0.717, 1.165) is 18.4 Å². The maximum atomic E-state index is 13.3. The number of carbonyl (C=O) groups excluding carboxylic acids is 4. The van der Waals surface area contributed by atoms with E-state index in [4.69, 9.17) is 4.74 Å². The zero-order chi connectivity index (χ0) is 28.1. The minimum Gasteiger partial charge on any atom is -0.458 e. The molecule has 0 aromatic rings. The van der Waals surface area contributed by atoms with Crippen molar-refractivity contribution in [3.63, 3.8) is 0 Å². The lowest BCUT2D eigenvalue weighted by Gasteiger charge is -2.60. The highest BCUT2D eigenvalue weighted by Gasteiger charge is 2.68. The van der Waals surface area contributed by atoms with Crippen LogP contribution in [-0.2, 0) is 23.9 Å². The Bertz CT molecular complexity index is 1040.